The van der Waals surface area contributed by atoms with Crippen molar-refractivity contribution in [3.05, 3.63) is 63.2 Å². The molecule has 11 heteroatoms. The van der Waals surface area contributed by atoms with E-state index in [9.17, 15) is 14.9 Å². The van der Waals surface area contributed by atoms with Gasteiger partial charge in [0.25, 0.3) is 5.69 Å². The molecule has 152 valence electrons. The third-order valence-corrected chi connectivity index (χ3v) is 5.56. The van der Waals surface area contributed by atoms with Crippen LogP contribution in [0.3, 0.4) is 0 Å². The Hall–Kier alpha value is -2.85. The Morgan fingerprint density at radius 1 is 1.34 bits per heavy atom. The van der Waals surface area contributed by atoms with Crippen LogP contribution in [0.4, 0.5) is 11.4 Å². The molecule has 0 saturated carbocycles. The largest absolute Gasteiger partial charge is 0.354 e. The number of halogens is 1. The molecule has 29 heavy (non-hydrogen) atoms. The lowest BCUT2D eigenvalue weighted by Gasteiger charge is -2.09. The second kappa shape index (κ2) is 9.10. The second-order valence-electron chi connectivity index (χ2n) is 6.19. The molecule has 0 atom stereocenters. The number of carbonyl (C=O) groups is 1. The van der Waals surface area contributed by atoms with Gasteiger partial charge in [-0.25, -0.2) is 0 Å². The monoisotopic (exact) mass is 434 g/mol. The Balaban J connectivity index is 1.65. The normalized spacial score (nSPS) is 10.9. The van der Waals surface area contributed by atoms with Gasteiger partial charge < -0.3 is 14.5 Å². The van der Waals surface area contributed by atoms with Gasteiger partial charge in [0.05, 0.1) is 21.4 Å². The predicted molar refractivity (Wildman–Crippen MR) is 111 cm³/mol. The number of aryl methyl sites for hydroxylation is 1. The Bertz CT molecular complexity index is 1050. The van der Waals surface area contributed by atoms with Crippen molar-refractivity contribution in [2.75, 3.05) is 11.1 Å². The van der Waals surface area contributed by atoms with Crippen molar-refractivity contribution in [1.82, 2.24) is 19.3 Å². The molecule has 0 spiro atoms. The Morgan fingerprint density at radius 3 is 2.79 bits per heavy atom. The maximum absolute atomic E-state index is 12.3. The number of nitro benzene ring substituents is 1. The molecule has 0 radical (unpaired) electrons. The average Bonchev–Trinajstić information content (AvgIpc) is 3.27. The van der Waals surface area contributed by atoms with Crippen molar-refractivity contribution in [3.8, 4) is 0 Å². The van der Waals surface area contributed by atoms with E-state index in [2.05, 4.69) is 15.5 Å². The Kier molecular flexibility index (Phi) is 6.55. The van der Waals surface area contributed by atoms with Crippen LogP contribution in [0.2, 0.25) is 5.02 Å². The van der Waals surface area contributed by atoms with Crippen LogP contribution in [0.25, 0.3) is 0 Å². The third kappa shape index (κ3) is 4.96. The molecule has 0 saturated heterocycles. The number of non-ortho nitro benzene ring substituents is 1. The quantitative estimate of drug-likeness (QED) is 0.330. The van der Waals surface area contributed by atoms with E-state index in [1.54, 1.807) is 0 Å². The minimum Gasteiger partial charge on any atom is -0.354 e. The standard InChI is InChI=1S/C18H19ClN6O3S/c1-3-24-16(10-12-5-4-8-23(12)2)21-22-18(24)29-11-17(26)20-15-9-13(25(27)28)6-7-14(15)19/h4-9H,3,10-11H2,1-2H3,(H,20,26). The number of aromatic nitrogens is 4. The summed E-state index contributed by atoms with van der Waals surface area (Å²) >= 11 is 7.27. The molecule has 3 aromatic rings. The van der Waals surface area contributed by atoms with Crippen LogP contribution in [0.15, 0.2) is 41.7 Å². The van der Waals surface area contributed by atoms with E-state index in [-0.39, 0.29) is 28.1 Å². The number of hydrogen-bond acceptors (Lipinski definition) is 6. The maximum atomic E-state index is 12.3. The summed E-state index contributed by atoms with van der Waals surface area (Å²) in [6.45, 7) is 2.66. The Morgan fingerprint density at radius 2 is 2.14 bits per heavy atom. The minimum atomic E-state index is -0.543. The molecule has 1 amide bonds. The molecule has 2 heterocycles. The number of hydrogen-bond donors (Lipinski definition) is 1. The molecular formula is C18H19ClN6O3S. The average molecular weight is 435 g/mol. The smallest absolute Gasteiger partial charge is 0.271 e. The number of rotatable bonds is 8. The van der Waals surface area contributed by atoms with Gasteiger partial charge in [-0.2, -0.15) is 0 Å². The van der Waals surface area contributed by atoms with Gasteiger partial charge in [-0.15, -0.1) is 10.2 Å². The van der Waals surface area contributed by atoms with E-state index >= 15 is 0 Å². The number of thioether (sulfide) groups is 1. The van der Waals surface area contributed by atoms with Gasteiger partial charge in [0.2, 0.25) is 5.91 Å². The fraction of sp³-hybridized carbons (Fsp3) is 0.278. The maximum Gasteiger partial charge on any atom is 0.271 e. The summed E-state index contributed by atoms with van der Waals surface area (Å²) in [5, 5.41) is 22.8. The summed E-state index contributed by atoms with van der Waals surface area (Å²) in [7, 11) is 1.97. The molecule has 0 bridgehead atoms. The van der Waals surface area contributed by atoms with Gasteiger partial charge in [0, 0.05) is 44.0 Å². The summed E-state index contributed by atoms with van der Waals surface area (Å²) in [6, 6.07) is 7.90. The fourth-order valence-corrected chi connectivity index (χ4v) is 3.74. The predicted octanol–water partition coefficient (Wildman–Crippen LogP) is 3.52. The van der Waals surface area contributed by atoms with Gasteiger partial charge in [-0.05, 0) is 25.1 Å². The third-order valence-electron chi connectivity index (χ3n) is 4.27. The van der Waals surface area contributed by atoms with E-state index in [0.717, 1.165) is 11.5 Å². The molecule has 1 N–H and O–H groups in total. The lowest BCUT2D eigenvalue weighted by atomic mass is 10.3. The molecule has 0 fully saturated rings. The van der Waals surface area contributed by atoms with Crippen LogP contribution in [-0.2, 0) is 24.8 Å². The van der Waals surface area contributed by atoms with Crippen LogP contribution in [-0.4, -0.2) is 35.9 Å². The van der Waals surface area contributed by atoms with E-state index < -0.39 is 4.92 Å². The van der Waals surface area contributed by atoms with Crippen LogP contribution in [0.5, 0.6) is 0 Å². The molecule has 3 rings (SSSR count). The molecule has 1 aromatic carbocycles. The van der Waals surface area contributed by atoms with E-state index in [1.807, 2.05) is 41.4 Å². The van der Waals surface area contributed by atoms with Gasteiger partial charge >= 0.3 is 0 Å². The fourth-order valence-electron chi connectivity index (χ4n) is 2.76. The van der Waals surface area contributed by atoms with Gasteiger partial charge in [-0.3, -0.25) is 14.9 Å². The van der Waals surface area contributed by atoms with Crippen molar-refractivity contribution < 1.29 is 9.72 Å². The first-order valence-electron chi connectivity index (χ1n) is 8.78. The van der Waals surface area contributed by atoms with Crippen LogP contribution in [0.1, 0.15) is 18.4 Å². The van der Waals surface area contributed by atoms with Crippen molar-refractivity contribution in [2.45, 2.75) is 25.0 Å². The van der Waals surface area contributed by atoms with Crippen molar-refractivity contribution in [3.63, 3.8) is 0 Å². The van der Waals surface area contributed by atoms with Crippen molar-refractivity contribution >= 4 is 40.6 Å². The zero-order chi connectivity index (χ0) is 21.0. The number of benzene rings is 1. The highest BCUT2D eigenvalue weighted by molar-refractivity contribution is 7.99. The van der Waals surface area contributed by atoms with Crippen molar-refractivity contribution in [2.24, 2.45) is 7.05 Å². The molecule has 0 unspecified atom stereocenters. The summed E-state index contributed by atoms with van der Waals surface area (Å²) in [4.78, 5) is 22.7. The number of anilines is 1. The second-order valence-corrected chi connectivity index (χ2v) is 7.54. The lowest BCUT2D eigenvalue weighted by molar-refractivity contribution is -0.384. The Labute approximate surface area is 176 Å². The number of nitrogens with one attached hydrogen (secondary N) is 1. The van der Waals surface area contributed by atoms with E-state index in [4.69, 9.17) is 11.6 Å². The summed E-state index contributed by atoms with van der Waals surface area (Å²) in [5.74, 6) is 0.548. The number of nitrogens with zero attached hydrogens (tertiary/aromatic N) is 5. The van der Waals surface area contributed by atoms with Crippen LogP contribution >= 0.6 is 23.4 Å². The van der Waals surface area contributed by atoms with Gasteiger partial charge in [-0.1, -0.05) is 23.4 Å². The lowest BCUT2D eigenvalue weighted by Crippen LogP contribution is -2.15. The molecule has 2 aromatic heterocycles. The zero-order valence-corrected chi connectivity index (χ0v) is 17.4. The van der Waals surface area contributed by atoms with Crippen LogP contribution < -0.4 is 5.32 Å². The first-order valence-corrected chi connectivity index (χ1v) is 10.1. The SMILES string of the molecule is CCn1c(Cc2cccn2C)nnc1SCC(=O)Nc1cc([N+](=O)[O-])ccc1Cl. The van der Waals surface area contributed by atoms with Gasteiger partial charge in [0.15, 0.2) is 5.16 Å². The highest BCUT2D eigenvalue weighted by Gasteiger charge is 2.16. The molecule has 0 aliphatic heterocycles. The highest BCUT2D eigenvalue weighted by Crippen LogP contribution is 2.27. The van der Waals surface area contributed by atoms with Crippen molar-refractivity contribution in [1.29, 1.82) is 0 Å². The van der Waals surface area contributed by atoms with E-state index in [1.165, 1.54) is 30.0 Å². The summed E-state index contributed by atoms with van der Waals surface area (Å²) < 4.78 is 3.99. The van der Waals surface area contributed by atoms with E-state index in [0.29, 0.717) is 18.1 Å². The molecule has 0 aliphatic rings. The molecule has 9 nitrogen and oxygen atoms in total. The summed E-state index contributed by atoms with van der Waals surface area (Å²) in [5.41, 5.74) is 1.17. The molecule has 0 aliphatic carbocycles. The summed E-state index contributed by atoms with van der Waals surface area (Å²) in [6.07, 6.45) is 2.61. The highest BCUT2D eigenvalue weighted by atomic mass is 35.5. The first-order chi connectivity index (χ1) is 13.9. The zero-order valence-electron chi connectivity index (χ0n) is 15.8. The first kappa shape index (κ1) is 20.9. The number of nitro groups is 1. The number of carbonyl (C=O) groups excluding carboxylic acids is 1. The minimum absolute atomic E-state index is 0.0707. The van der Waals surface area contributed by atoms with Gasteiger partial charge in [0.1, 0.15) is 5.82 Å². The van der Waals surface area contributed by atoms with Crippen LogP contribution in [0, 0.1) is 10.1 Å². The molecular weight excluding hydrogens is 416 g/mol. The number of amides is 1. The topological polar surface area (TPSA) is 108 Å².